The fraction of sp³-hybridized carbons (Fsp3) is 0.607. The van der Waals surface area contributed by atoms with Gasteiger partial charge in [-0.2, -0.15) is 0 Å². The van der Waals surface area contributed by atoms with Crippen LogP contribution in [0.15, 0.2) is 35.9 Å². The smallest absolute Gasteiger partial charge is 0.344 e. The molecule has 0 heterocycles. The minimum Gasteiger partial charge on any atom is -0.756 e. The van der Waals surface area contributed by atoms with E-state index in [0.29, 0.717) is 5.56 Å². The van der Waals surface area contributed by atoms with Gasteiger partial charge in [-0.25, -0.2) is 4.79 Å². The Morgan fingerprint density at radius 3 is 2.62 bits per heavy atom. The predicted octanol–water partition coefficient (Wildman–Crippen LogP) is 5.73. The molecule has 0 bridgehead atoms. The van der Waals surface area contributed by atoms with Crippen LogP contribution in [0.1, 0.15) is 82.8 Å². The summed E-state index contributed by atoms with van der Waals surface area (Å²) in [7, 11) is -3.33. The van der Waals surface area contributed by atoms with Crippen LogP contribution in [-0.4, -0.2) is 37.0 Å². The average molecular weight is 536 g/mol. The van der Waals surface area contributed by atoms with Crippen molar-refractivity contribution in [3.63, 3.8) is 0 Å². The quantitative estimate of drug-likeness (QED) is 0.106. The Morgan fingerprint density at radius 2 is 2.00 bits per heavy atom. The molecule has 1 aromatic carbocycles. The molecule has 1 fully saturated rings. The largest absolute Gasteiger partial charge is 0.756 e. The van der Waals surface area contributed by atoms with Crippen LogP contribution in [0.2, 0.25) is 0 Å². The highest BCUT2D eigenvalue weighted by atomic mass is 31.2. The number of esters is 1. The maximum atomic E-state index is 13.3. The molecule has 0 radical (unpaired) electrons. The molecular formula is C28H40O8P-. The number of unbranched alkanes of at least 4 members (excludes halogenated alkanes) is 2. The van der Waals surface area contributed by atoms with Crippen molar-refractivity contribution in [2.24, 2.45) is 5.92 Å². The lowest BCUT2D eigenvalue weighted by atomic mass is 9.73. The van der Waals surface area contributed by atoms with Gasteiger partial charge in [0.05, 0.1) is 13.2 Å². The zero-order valence-corrected chi connectivity index (χ0v) is 23.3. The Hall–Kier alpha value is -1.96. The molecular weight excluding hydrogens is 495 g/mol. The number of carbonyl (C=O) groups is 1. The topological polar surface area (TPSA) is 114 Å². The number of ether oxygens (including phenoxy) is 2. The number of carbonyl (C=O) groups excluding carboxylic acids is 1. The van der Waals surface area contributed by atoms with Crippen LogP contribution >= 0.6 is 7.82 Å². The van der Waals surface area contributed by atoms with Gasteiger partial charge in [-0.15, -0.1) is 0 Å². The lowest BCUT2D eigenvalue weighted by molar-refractivity contribution is -0.233. The maximum absolute atomic E-state index is 13.3. The van der Waals surface area contributed by atoms with Gasteiger partial charge in [0.25, 0.3) is 7.82 Å². The van der Waals surface area contributed by atoms with E-state index in [0.717, 1.165) is 49.7 Å². The number of hydrogen-bond acceptors (Lipinski definition) is 8. The molecule has 0 saturated heterocycles. The number of methoxy groups -OCH3 is 1. The van der Waals surface area contributed by atoms with Gasteiger partial charge in [0.1, 0.15) is 11.5 Å². The van der Waals surface area contributed by atoms with Crippen molar-refractivity contribution >= 4 is 13.8 Å². The average Bonchev–Trinajstić information content (AvgIpc) is 3.59. The lowest BCUT2D eigenvalue weighted by Crippen LogP contribution is -2.32. The number of phosphoric ester groups is 1. The first-order valence-corrected chi connectivity index (χ1v) is 14.5. The van der Waals surface area contributed by atoms with Gasteiger partial charge >= 0.3 is 5.97 Å². The summed E-state index contributed by atoms with van der Waals surface area (Å²) < 4.78 is 32.9. The van der Waals surface area contributed by atoms with Gasteiger partial charge in [0.15, 0.2) is 5.60 Å². The molecule has 3 atom stereocenters. The van der Waals surface area contributed by atoms with Crippen LogP contribution in [0.4, 0.5) is 0 Å². The zero-order valence-electron chi connectivity index (χ0n) is 22.4. The number of phenols is 1. The number of rotatable bonds is 14. The van der Waals surface area contributed by atoms with Crippen LogP contribution in [0.5, 0.6) is 11.5 Å². The standard InChI is InChI=1S/C28H41O8P/c1-6-7-8-9-21-17-24(29)26(23-16-20(4)10-11-22(23)19(2)3)25(18-21)35-27(30)28(12-13-28)36-37(31,32)34-15-14-33-5/h16-18,22-23,29H,2,6-15H2,1,3-5H3,(H,31,32)/p-1/t22-,23+/m0/s1. The Labute approximate surface area is 220 Å². The van der Waals surface area contributed by atoms with E-state index < -0.39 is 19.4 Å². The molecule has 0 amide bonds. The Bertz CT molecular complexity index is 1060. The molecule has 206 valence electrons. The molecule has 1 N–H and O–H groups in total. The maximum Gasteiger partial charge on any atom is 0.344 e. The van der Waals surface area contributed by atoms with E-state index >= 15 is 0 Å². The highest BCUT2D eigenvalue weighted by Gasteiger charge is 2.56. The number of aryl methyl sites for hydroxylation is 1. The van der Waals surface area contributed by atoms with Crippen molar-refractivity contribution < 1.29 is 37.9 Å². The fourth-order valence-corrected chi connectivity index (χ4v) is 5.86. The third-order valence-electron chi connectivity index (χ3n) is 7.06. The van der Waals surface area contributed by atoms with E-state index in [1.807, 2.05) is 13.8 Å². The summed E-state index contributed by atoms with van der Waals surface area (Å²) in [6.45, 7) is 10.1. The molecule has 1 aromatic rings. The first kappa shape index (κ1) is 29.6. The summed E-state index contributed by atoms with van der Waals surface area (Å²) in [5, 5.41) is 11.2. The van der Waals surface area contributed by atoms with Gasteiger partial charge in [0.2, 0.25) is 0 Å². The fourth-order valence-electron chi connectivity index (χ4n) is 4.83. The molecule has 0 aromatic heterocycles. The number of benzene rings is 1. The summed E-state index contributed by atoms with van der Waals surface area (Å²) in [6, 6.07) is 3.53. The molecule has 8 nitrogen and oxygen atoms in total. The molecule has 2 aliphatic carbocycles. The van der Waals surface area contributed by atoms with Gasteiger partial charge in [-0.1, -0.05) is 43.6 Å². The monoisotopic (exact) mass is 535 g/mol. The molecule has 1 saturated carbocycles. The van der Waals surface area contributed by atoms with E-state index in [4.69, 9.17) is 18.5 Å². The summed E-state index contributed by atoms with van der Waals surface area (Å²) >= 11 is 0. The molecule has 0 aliphatic heterocycles. The second kappa shape index (κ2) is 12.7. The molecule has 1 unspecified atom stereocenters. The molecule has 9 heteroatoms. The summed E-state index contributed by atoms with van der Waals surface area (Å²) in [5.41, 5.74) is 1.91. The van der Waals surface area contributed by atoms with Gasteiger partial charge < -0.3 is 24.0 Å². The number of phenolic OH excluding ortho intramolecular Hbond substituents is 1. The van der Waals surface area contributed by atoms with Crippen LogP contribution in [0.25, 0.3) is 0 Å². The number of hydrogen-bond donors (Lipinski definition) is 1. The highest BCUT2D eigenvalue weighted by Crippen LogP contribution is 2.54. The second-order valence-electron chi connectivity index (χ2n) is 10.3. The number of phosphoric acid groups is 1. The van der Waals surface area contributed by atoms with E-state index in [1.54, 1.807) is 12.1 Å². The molecule has 37 heavy (non-hydrogen) atoms. The van der Waals surface area contributed by atoms with Crippen LogP contribution in [-0.2, 0) is 29.6 Å². The van der Waals surface area contributed by atoms with Crippen molar-refractivity contribution in [3.05, 3.63) is 47.1 Å². The third kappa shape index (κ3) is 7.78. The minimum atomic E-state index is -4.75. The number of allylic oxidation sites excluding steroid dienone is 3. The Morgan fingerprint density at radius 1 is 1.27 bits per heavy atom. The third-order valence-corrected chi connectivity index (χ3v) is 8.14. The van der Waals surface area contributed by atoms with Crippen molar-refractivity contribution in [1.29, 1.82) is 0 Å². The van der Waals surface area contributed by atoms with Gasteiger partial charge in [-0.3, -0.25) is 9.09 Å². The second-order valence-corrected chi connectivity index (χ2v) is 11.6. The Balaban J connectivity index is 1.93. The SMILES string of the molecule is C=C(C)[C@@H]1CCC(C)=C[C@H]1c1c(O)cc(CCCCC)cc1OC(=O)C1(OP(=O)([O-])OCCOC)CC1. The Kier molecular flexibility index (Phi) is 10.2. The first-order valence-electron chi connectivity index (χ1n) is 13.1. The van der Waals surface area contributed by atoms with Crippen LogP contribution in [0.3, 0.4) is 0 Å². The van der Waals surface area contributed by atoms with Crippen molar-refractivity contribution in [1.82, 2.24) is 0 Å². The zero-order chi connectivity index (χ0) is 27.2. The summed E-state index contributed by atoms with van der Waals surface area (Å²) in [5.74, 6) is -0.677. The van der Waals surface area contributed by atoms with E-state index in [9.17, 15) is 19.4 Å². The minimum absolute atomic E-state index is 0.0576. The van der Waals surface area contributed by atoms with E-state index in [-0.39, 0.29) is 49.4 Å². The summed E-state index contributed by atoms with van der Waals surface area (Å²) in [6.07, 6.45) is 8.05. The van der Waals surface area contributed by atoms with E-state index in [2.05, 4.69) is 19.6 Å². The molecule has 0 spiro atoms. The van der Waals surface area contributed by atoms with Crippen LogP contribution in [0, 0.1) is 5.92 Å². The summed E-state index contributed by atoms with van der Waals surface area (Å²) in [4.78, 5) is 25.6. The van der Waals surface area contributed by atoms with Crippen molar-refractivity contribution in [2.45, 2.75) is 83.7 Å². The first-order chi connectivity index (χ1) is 17.5. The van der Waals surface area contributed by atoms with Gasteiger partial charge in [-0.05, 0) is 76.0 Å². The highest BCUT2D eigenvalue weighted by molar-refractivity contribution is 7.46. The van der Waals surface area contributed by atoms with Crippen molar-refractivity contribution in [2.75, 3.05) is 20.3 Å². The molecule has 3 rings (SSSR count). The van der Waals surface area contributed by atoms with Gasteiger partial charge in [0, 0.05) is 18.6 Å². The molecule has 2 aliphatic rings. The normalized spacial score (nSPS) is 22.1. The predicted molar refractivity (Wildman–Crippen MR) is 139 cm³/mol. The van der Waals surface area contributed by atoms with Crippen molar-refractivity contribution in [3.8, 4) is 11.5 Å². The van der Waals surface area contributed by atoms with Crippen LogP contribution < -0.4 is 9.63 Å². The lowest BCUT2D eigenvalue weighted by Gasteiger charge is -2.32. The van der Waals surface area contributed by atoms with E-state index in [1.165, 1.54) is 12.7 Å². The number of aromatic hydroxyl groups is 1.